The van der Waals surface area contributed by atoms with Gasteiger partial charge in [0.2, 0.25) is 0 Å². The largest absolute Gasteiger partial charge is 0.459 e. The molecule has 0 fully saturated rings. The number of nitrogens with one attached hydrogen (secondary N) is 1. The van der Waals surface area contributed by atoms with Crippen LogP contribution in [0.25, 0.3) is 5.65 Å². The summed E-state index contributed by atoms with van der Waals surface area (Å²) in [5.74, 6) is 0.691. The van der Waals surface area contributed by atoms with Gasteiger partial charge in [0.15, 0.2) is 5.76 Å². The first-order valence-electron chi connectivity index (χ1n) is 8.57. The van der Waals surface area contributed by atoms with Crippen LogP contribution in [0.3, 0.4) is 0 Å². The summed E-state index contributed by atoms with van der Waals surface area (Å²) in [7, 11) is 0. The number of aryl methyl sites for hydroxylation is 3. The average Bonchev–Trinajstić information content (AvgIpc) is 3.29. The second-order valence-electron chi connectivity index (χ2n) is 6.26. The van der Waals surface area contributed by atoms with Crippen molar-refractivity contribution in [1.82, 2.24) is 9.38 Å². The molecule has 4 aromatic rings. The van der Waals surface area contributed by atoms with E-state index in [1.165, 1.54) is 11.8 Å². The van der Waals surface area contributed by atoms with Gasteiger partial charge in [-0.2, -0.15) is 0 Å². The van der Waals surface area contributed by atoms with E-state index >= 15 is 0 Å². The van der Waals surface area contributed by atoms with Crippen LogP contribution in [-0.2, 0) is 12.8 Å². The zero-order valence-electron chi connectivity index (χ0n) is 14.5. The smallest absolute Gasteiger partial charge is 0.292 e. The fourth-order valence-corrected chi connectivity index (χ4v) is 2.99. The van der Waals surface area contributed by atoms with Crippen LogP contribution < -0.4 is 5.32 Å². The van der Waals surface area contributed by atoms with Crippen molar-refractivity contribution in [3.63, 3.8) is 0 Å². The lowest BCUT2D eigenvalue weighted by Gasteiger charge is -2.07. The Bertz CT molecular complexity index is 1030. The highest BCUT2D eigenvalue weighted by Gasteiger charge is 2.17. The zero-order valence-corrected chi connectivity index (χ0v) is 14.5. The molecule has 0 aliphatic heterocycles. The molecule has 1 amide bonds. The van der Waals surface area contributed by atoms with Gasteiger partial charge in [-0.25, -0.2) is 4.98 Å². The van der Waals surface area contributed by atoms with Gasteiger partial charge in [0.25, 0.3) is 5.91 Å². The van der Waals surface area contributed by atoms with Crippen molar-refractivity contribution in [2.45, 2.75) is 19.8 Å². The number of pyridine rings is 1. The number of fused-ring (bicyclic) bond motifs is 1. The van der Waals surface area contributed by atoms with Gasteiger partial charge in [-0.1, -0.05) is 30.3 Å². The highest BCUT2D eigenvalue weighted by atomic mass is 16.3. The van der Waals surface area contributed by atoms with Crippen molar-refractivity contribution in [3.8, 4) is 0 Å². The van der Waals surface area contributed by atoms with E-state index in [2.05, 4.69) is 17.4 Å². The zero-order chi connectivity index (χ0) is 17.9. The Balaban J connectivity index is 1.67. The van der Waals surface area contributed by atoms with Crippen LogP contribution in [0.4, 0.5) is 5.82 Å². The number of carbonyl (C=O) groups is 1. The minimum atomic E-state index is -0.279. The predicted octanol–water partition coefficient (Wildman–Crippen LogP) is 4.27. The molecular formula is C21H19N3O2. The van der Waals surface area contributed by atoms with Crippen molar-refractivity contribution >= 4 is 17.4 Å². The molecule has 0 unspecified atom stereocenters. The minimum absolute atomic E-state index is 0.279. The first-order valence-corrected chi connectivity index (χ1v) is 8.57. The van der Waals surface area contributed by atoms with Crippen molar-refractivity contribution < 1.29 is 9.21 Å². The third kappa shape index (κ3) is 3.24. The Morgan fingerprint density at radius 1 is 1.12 bits per heavy atom. The van der Waals surface area contributed by atoms with Gasteiger partial charge < -0.3 is 9.73 Å². The summed E-state index contributed by atoms with van der Waals surface area (Å²) in [6, 6.07) is 17.6. The highest BCUT2D eigenvalue weighted by Crippen LogP contribution is 2.22. The topological polar surface area (TPSA) is 59.5 Å². The van der Waals surface area contributed by atoms with Crippen molar-refractivity contribution in [3.05, 3.63) is 89.6 Å². The third-order valence-electron chi connectivity index (χ3n) is 4.32. The molecule has 0 saturated carbocycles. The molecule has 130 valence electrons. The summed E-state index contributed by atoms with van der Waals surface area (Å²) in [4.78, 5) is 17.2. The normalized spacial score (nSPS) is 11.0. The van der Waals surface area contributed by atoms with E-state index in [1.807, 2.05) is 47.9 Å². The second-order valence-corrected chi connectivity index (χ2v) is 6.26. The van der Waals surface area contributed by atoms with Crippen molar-refractivity contribution in [1.29, 1.82) is 0 Å². The molecule has 0 atom stereocenters. The van der Waals surface area contributed by atoms with Gasteiger partial charge in [0.1, 0.15) is 11.5 Å². The summed E-state index contributed by atoms with van der Waals surface area (Å²) in [5, 5.41) is 2.96. The molecule has 1 aromatic carbocycles. The summed E-state index contributed by atoms with van der Waals surface area (Å²) in [5.41, 5.74) is 4.05. The Morgan fingerprint density at radius 3 is 2.73 bits per heavy atom. The van der Waals surface area contributed by atoms with Crippen LogP contribution in [0.15, 0.2) is 71.5 Å². The van der Waals surface area contributed by atoms with Gasteiger partial charge in [-0.3, -0.25) is 9.20 Å². The average molecular weight is 345 g/mol. The Labute approximate surface area is 151 Å². The number of imidazole rings is 1. The quantitative estimate of drug-likeness (QED) is 0.587. The maximum absolute atomic E-state index is 12.5. The summed E-state index contributed by atoms with van der Waals surface area (Å²) in [6.45, 7) is 2.03. The molecule has 0 saturated heterocycles. The van der Waals surface area contributed by atoms with E-state index in [9.17, 15) is 4.79 Å². The Kier molecular flexibility index (Phi) is 4.27. The Hall–Kier alpha value is -3.34. The van der Waals surface area contributed by atoms with Crippen LogP contribution in [0.1, 0.15) is 27.4 Å². The van der Waals surface area contributed by atoms with E-state index in [0.29, 0.717) is 5.82 Å². The number of hydrogen-bond acceptors (Lipinski definition) is 3. The molecule has 0 aliphatic rings. The summed E-state index contributed by atoms with van der Waals surface area (Å²) < 4.78 is 7.11. The number of aromatic nitrogens is 2. The van der Waals surface area contributed by atoms with E-state index < -0.39 is 0 Å². The molecule has 26 heavy (non-hydrogen) atoms. The van der Waals surface area contributed by atoms with Crippen LogP contribution >= 0.6 is 0 Å². The number of furan rings is 1. The number of anilines is 1. The van der Waals surface area contributed by atoms with Crippen LogP contribution in [0, 0.1) is 6.92 Å². The molecule has 5 heteroatoms. The van der Waals surface area contributed by atoms with Gasteiger partial charge in [-0.05, 0) is 55.2 Å². The lowest BCUT2D eigenvalue weighted by Crippen LogP contribution is -2.14. The first kappa shape index (κ1) is 16.1. The maximum Gasteiger partial charge on any atom is 0.292 e. The molecule has 0 radical (unpaired) electrons. The van der Waals surface area contributed by atoms with Gasteiger partial charge >= 0.3 is 0 Å². The number of benzene rings is 1. The van der Waals surface area contributed by atoms with Crippen molar-refractivity contribution in [2.24, 2.45) is 0 Å². The Morgan fingerprint density at radius 2 is 1.96 bits per heavy atom. The van der Waals surface area contributed by atoms with E-state index in [1.54, 1.807) is 12.1 Å². The van der Waals surface area contributed by atoms with Crippen LogP contribution in [-0.4, -0.2) is 15.3 Å². The second kappa shape index (κ2) is 6.88. The number of nitrogens with zero attached hydrogens (tertiary/aromatic N) is 2. The molecule has 5 nitrogen and oxygen atoms in total. The maximum atomic E-state index is 12.5. The standard InChI is InChI=1S/C21H19N3O2/c1-15-11-12-24-19(14-15)22-17(10-9-16-6-3-2-4-7-16)20(24)23-21(25)18-8-5-13-26-18/h2-8,11-14H,9-10H2,1H3,(H,23,25). The molecular weight excluding hydrogens is 326 g/mol. The number of amides is 1. The van der Waals surface area contributed by atoms with Crippen LogP contribution in [0.5, 0.6) is 0 Å². The molecule has 1 N–H and O–H groups in total. The lowest BCUT2D eigenvalue weighted by molar-refractivity contribution is 0.0996. The molecule has 0 spiro atoms. The lowest BCUT2D eigenvalue weighted by atomic mass is 10.1. The first-order chi connectivity index (χ1) is 12.7. The SMILES string of the molecule is Cc1ccn2c(NC(=O)c3ccco3)c(CCc3ccccc3)nc2c1. The van der Waals surface area contributed by atoms with Crippen molar-refractivity contribution in [2.75, 3.05) is 5.32 Å². The third-order valence-corrected chi connectivity index (χ3v) is 4.32. The van der Waals surface area contributed by atoms with E-state index in [-0.39, 0.29) is 11.7 Å². The summed E-state index contributed by atoms with van der Waals surface area (Å²) >= 11 is 0. The molecule has 4 rings (SSSR count). The fraction of sp³-hybridized carbons (Fsp3) is 0.143. The molecule has 3 aromatic heterocycles. The number of carbonyl (C=O) groups excluding carboxylic acids is 1. The minimum Gasteiger partial charge on any atom is -0.459 e. The molecule has 3 heterocycles. The van der Waals surface area contributed by atoms with Gasteiger partial charge in [0.05, 0.1) is 12.0 Å². The van der Waals surface area contributed by atoms with E-state index in [0.717, 1.165) is 29.7 Å². The molecule has 0 aliphatic carbocycles. The highest BCUT2D eigenvalue weighted by molar-refractivity contribution is 6.02. The monoisotopic (exact) mass is 345 g/mol. The summed E-state index contributed by atoms with van der Waals surface area (Å²) in [6.07, 6.45) is 5.01. The fourth-order valence-electron chi connectivity index (χ4n) is 2.99. The van der Waals surface area contributed by atoms with Gasteiger partial charge in [-0.15, -0.1) is 0 Å². The number of hydrogen-bond donors (Lipinski definition) is 1. The van der Waals surface area contributed by atoms with Gasteiger partial charge in [0, 0.05) is 6.20 Å². The van der Waals surface area contributed by atoms with Crippen LogP contribution in [0.2, 0.25) is 0 Å². The predicted molar refractivity (Wildman–Crippen MR) is 100 cm³/mol. The molecule has 0 bridgehead atoms. The number of rotatable bonds is 5. The van der Waals surface area contributed by atoms with E-state index in [4.69, 9.17) is 9.40 Å².